The highest BCUT2D eigenvalue weighted by molar-refractivity contribution is 6.29. The lowest BCUT2D eigenvalue weighted by Crippen LogP contribution is -2.50. The number of carbonyl (C=O) groups excluding carboxylic acids is 2. The van der Waals surface area contributed by atoms with E-state index in [-0.39, 0.29) is 33.5 Å². The molecule has 3 aromatic rings. The number of esters is 1. The lowest BCUT2D eigenvalue weighted by molar-refractivity contribution is -0.155. The van der Waals surface area contributed by atoms with Gasteiger partial charge in [0.15, 0.2) is 11.4 Å². The van der Waals surface area contributed by atoms with Crippen LogP contribution < -0.4 is 9.47 Å². The predicted octanol–water partition coefficient (Wildman–Crippen LogP) is 4.31. The zero-order valence-electron chi connectivity index (χ0n) is 19.1. The standard InChI is InChI=1S/C26H20ClF2NO6/c1-34-23-20-16(12-17(27)30-23)36-26(15-10-8-14(9-11-15)22(28)29)19(13-6-4-3-5-7-13)18(24(32)35-2)21(31)25(20,26)33/h3-12,18-19,22,33H,1-2H3/t18-,19-,25+,26+/m1/s1. The van der Waals surface area contributed by atoms with Crippen LogP contribution in [0.25, 0.3) is 0 Å². The average molecular weight is 516 g/mol. The third-order valence-corrected chi connectivity index (χ3v) is 7.09. The van der Waals surface area contributed by atoms with Crippen LogP contribution in [0.3, 0.4) is 0 Å². The van der Waals surface area contributed by atoms with Gasteiger partial charge in [0.05, 0.1) is 25.7 Å². The van der Waals surface area contributed by atoms with Gasteiger partial charge in [-0.05, 0) is 11.1 Å². The van der Waals surface area contributed by atoms with E-state index in [0.717, 1.165) is 7.11 Å². The number of ether oxygens (including phenoxy) is 3. The Morgan fingerprint density at radius 1 is 1.14 bits per heavy atom. The number of halogens is 3. The van der Waals surface area contributed by atoms with E-state index in [2.05, 4.69) is 4.98 Å². The molecule has 0 radical (unpaired) electrons. The maximum Gasteiger partial charge on any atom is 0.317 e. The molecule has 1 N–H and O–H groups in total. The molecule has 1 aliphatic carbocycles. The number of hydrogen-bond acceptors (Lipinski definition) is 7. The van der Waals surface area contributed by atoms with Gasteiger partial charge in [0.25, 0.3) is 6.43 Å². The summed E-state index contributed by atoms with van der Waals surface area (Å²) >= 11 is 6.15. The van der Waals surface area contributed by atoms with E-state index in [1.807, 2.05) is 0 Å². The van der Waals surface area contributed by atoms with Crippen LogP contribution >= 0.6 is 11.6 Å². The highest BCUT2D eigenvalue weighted by Gasteiger charge is 2.79. The van der Waals surface area contributed by atoms with E-state index in [1.54, 1.807) is 30.3 Å². The van der Waals surface area contributed by atoms with Crippen molar-refractivity contribution in [2.75, 3.05) is 14.2 Å². The van der Waals surface area contributed by atoms with Crippen LogP contribution in [0.15, 0.2) is 60.7 Å². The summed E-state index contributed by atoms with van der Waals surface area (Å²) in [4.78, 5) is 31.2. The predicted molar refractivity (Wildman–Crippen MR) is 123 cm³/mol. The van der Waals surface area contributed by atoms with Crippen molar-refractivity contribution < 1.29 is 37.7 Å². The number of carbonyl (C=O) groups is 2. The number of pyridine rings is 1. The maximum absolute atomic E-state index is 14.1. The molecule has 0 amide bonds. The Kier molecular flexibility index (Phi) is 5.72. The van der Waals surface area contributed by atoms with Crippen molar-refractivity contribution in [2.45, 2.75) is 23.5 Å². The largest absolute Gasteiger partial charge is 0.481 e. The molecule has 4 atom stereocenters. The van der Waals surface area contributed by atoms with Gasteiger partial charge in [0, 0.05) is 11.6 Å². The maximum atomic E-state index is 14.1. The summed E-state index contributed by atoms with van der Waals surface area (Å²) in [5.74, 6) is -4.54. The molecule has 1 aromatic heterocycles. The summed E-state index contributed by atoms with van der Waals surface area (Å²) in [7, 11) is 2.42. The second-order valence-electron chi connectivity index (χ2n) is 8.55. The Morgan fingerprint density at radius 3 is 2.39 bits per heavy atom. The summed E-state index contributed by atoms with van der Waals surface area (Å²) in [5, 5.41) is 12.4. The molecular weight excluding hydrogens is 496 g/mol. The van der Waals surface area contributed by atoms with Crippen molar-refractivity contribution in [2.24, 2.45) is 5.92 Å². The van der Waals surface area contributed by atoms with E-state index in [0.29, 0.717) is 5.56 Å². The summed E-state index contributed by atoms with van der Waals surface area (Å²) in [6, 6.07) is 14.9. The number of Topliss-reactive ketones (excluding diaryl/α,β-unsaturated/α-hetero) is 1. The summed E-state index contributed by atoms with van der Waals surface area (Å²) in [5.41, 5.74) is -4.16. The molecule has 2 aromatic carbocycles. The van der Waals surface area contributed by atoms with Crippen molar-refractivity contribution in [3.63, 3.8) is 0 Å². The molecule has 0 spiro atoms. The number of ketones is 1. The first-order chi connectivity index (χ1) is 17.2. The first-order valence-electron chi connectivity index (χ1n) is 10.9. The summed E-state index contributed by atoms with van der Waals surface area (Å²) < 4.78 is 43.5. The first-order valence-corrected chi connectivity index (χ1v) is 11.3. The quantitative estimate of drug-likeness (QED) is 0.307. The highest BCUT2D eigenvalue weighted by Crippen LogP contribution is 2.68. The zero-order valence-corrected chi connectivity index (χ0v) is 19.8. The number of nitrogens with zero attached hydrogens (tertiary/aromatic N) is 1. The van der Waals surface area contributed by atoms with Crippen molar-refractivity contribution in [1.29, 1.82) is 0 Å². The molecule has 1 saturated carbocycles. The molecule has 36 heavy (non-hydrogen) atoms. The highest BCUT2D eigenvalue weighted by atomic mass is 35.5. The minimum atomic E-state index is -2.74. The number of benzene rings is 2. The fraction of sp³-hybridized carbons (Fsp3) is 0.269. The van der Waals surface area contributed by atoms with Crippen molar-refractivity contribution in [3.05, 3.63) is 88.1 Å². The van der Waals surface area contributed by atoms with Crippen molar-refractivity contribution in [3.8, 4) is 11.6 Å². The van der Waals surface area contributed by atoms with E-state index in [9.17, 15) is 23.5 Å². The van der Waals surface area contributed by atoms with Crippen LogP contribution in [0.2, 0.25) is 5.15 Å². The van der Waals surface area contributed by atoms with Crippen LogP contribution in [0, 0.1) is 5.92 Å². The van der Waals surface area contributed by atoms with E-state index in [4.69, 9.17) is 25.8 Å². The van der Waals surface area contributed by atoms with E-state index in [1.165, 1.54) is 37.4 Å². The van der Waals surface area contributed by atoms with Gasteiger partial charge in [-0.1, -0.05) is 66.2 Å². The van der Waals surface area contributed by atoms with Gasteiger partial charge in [-0.2, -0.15) is 0 Å². The van der Waals surface area contributed by atoms with Crippen molar-refractivity contribution >= 4 is 23.4 Å². The Labute approximate surface area is 209 Å². The number of aliphatic hydroxyl groups is 1. The van der Waals surface area contributed by atoms with Gasteiger partial charge in [0.2, 0.25) is 11.5 Å². The fourth-order valence-corrected chi connectivity index (χ4v) is 5.63. The number of aromatic nitrogens is 1. The number of methoxy groups -OCH3 is 2. The van der Waals surface area contributed by atoms with E-state index >= 15 is 0 Å². The van der Waals surface area contributed by atoms with Crippen LogP contribution in [0.4, 0.5) is 8.78 Å². The lowest BCUT2D eigenvalue weighted by Gasteiger charge is -2.39. The topological polar surface area (TPSA) is 95.0 Å². The van der Waals surface area contributed by atoms with Gasteiger partial charge < -0.3 is 19.3 Å². The van der Waals surface area contributed by atoms with Gasteiger partial charge in [0.1, 0.15) is 16.8 Å². The van der Waals surface area contributed by atoms with Crippen LogP contribution in [-0.4, -0.2) is 36.1 Å². The van der Waals surface area contributed by atoms with Gasteiger partial charge in [-0.15, -0.1) is 0 Å². The smallest absolute Gasteiger partial charge is 0.317 e. The number of alkyl halides is 2. The fourth-order valence-electron chi connectivity index (χ4n) is 5.45. The minimum absolute atomic E-state index is 0.0184. The number of rotatable bonds is 5. The SMILES string of the molecule is COC(=O)[C@H]1C(=O)[C@@]2(O)c3c(cc(Cl)nc3OC)O[C@@]2(c2ccc(C(F)F)cc2)[C@@H]1c1ccccc1. The van der Waals surface area contributed by atoms with E-state index < -0.39 is 41.2 Å². The molecule has 1 aliphatic heterocycles. The van der Waals surface area contributed by atoms with Crippen LogP contribution in [0.5, 0.6) is 11.6 Å². The normalized spacial score (nSPS) is 26.4. The minimum Gasteiger partial charge on any atom is -0.481 e. The molecule has 0 saturated heterocycles. The molecule has 5 rings (SSSR count). The van der Waals surface area contributed by atoms with Crippen molar-refractivity contribution in [1.82, 2.24) is 4.98 Å². The van der Waals surface area contributed by atoms with Crippen LogP contribution in [-0.2, 0) is 25.5 Å². The molecular formula is C26H20ClF2NO6. The van der Waals surface area contributed by atoms with Crippen LogP contribution in [0.1, 0.15) is 34.6 Å². The summed E-state index contributed by atoms with van der Waals surface area (Å²) in [6.45, 7) is 0. The summed E-state index contributed by atoms with van der Waals surface area (Å²) in [6.07, 6.45) is -2.74. The van der Waals surface area contributed by atoms with Gasteiger partial charge in [-0.3, -0.25) is 9.59 Å². The molecule has 7 nitrogen and oxygen atoms in total. The zero-order chi connectivity index (χ0) is 25.8. The molecule has 186 valence electrons. The second kappa shape index (κ2) is 8.53. The Morgan fingerprint density at radius 2 is 1.81 bits per heavy atom. The number of fused-ring (bicyclic) bond motifs is 3. The molecule has 0 bridgehead atoms. The molecule has 0 unspecified atom stereocenters. The molecule has 2 heterocycles. The molecule has 10 heteroatoms. The Hall–Kier alpha value is -3.56. The number of hydrogen-bond donors (Lipinski definition) is 1. The third kappa shape index (κ3) is 3.09. The first kappa shape index (κ1) is 24.1. The van der Waals surface area contributed by atoms with Gasteiger partial charge in [-0.25, -0.2) is 13.8 Å². The average Bonchev–Trinajstić information content (AvgIpc) is 3.26. The second-order valence-corrected chi connectivity index (χ2v) is 8.94. The third-order valence-electron chi connectivity index (χ3n) is 6.90. The Bertz CT molecular complexity index is 1350. The molecule has 1 fully saturated rings. The lowest BCUT2D eigenvalue weighted by atomic mass is 9.71. The monoisotopic (exact) mass is 515 g/mol. The van der Waals surface area contributed by atoms with Gasteiger partial charge >= 0.3 is 5.97 Å². The Balaban J connectivity index is 1.88. The molecule has 2 aliphatic rings.